The first-order valence-corrected chi connectivity index (χ1v) is 7.22. The summed E-state index contributed by atoms with van der Waals surface area (Å²) in [5.41, 5.74) is 0.288. The van der Waals surface area contributed by atoms with Gasteiger partial charge in [0.25, 0.3) is 9.05 Å². The topological polar surface area (TPSA) is 63.2 Å². The van der Waals surface area contributed by atoms with E-state index in [0.29, 0.717) is 0 Å². The first-order chi connectivity index (χ1) is 8.49. The van der Waals surface area contributed by atoms with Crippen LogP contribution in [0.1, 0.15) is 12.0 Å². The van der Waals surface area contributed by atoms with Gasteiger partial charge in [-0.2, -0.15) is 13.2 Å². The van der Waals surface area contributed by atoms with Crippen LogP contribution < -0.4 is 5.32 Å². The zero-order chi connectivity index (χ0) is 14.8. The van der Waals surface area contributed by atoms with Crippen LogP contribution in [0.25, 0.3) is 0 Å². The number of nitrogens with one attached hydrogen (secondary N) is 1. The largest absolute Gasteiger partial charge is 0.397 e. The van der Waals surface area contributed by atoms with E-state index in [2.05, 4.69) is 0 Å². The molecule has 0 aromatic heterocycles. The van der Waals surface area contributed by atoms with Gasteiger partial charge in [-0.25, -0.2) is 8.42 Å². The Hall–Kier alpha value is -1.28. The number of carbonyl (C=O) groups is 1. The van der Waals surface area contributed by atoms with Gasteiger partial charge in [-0.3, -0.25) is 4.79 Å². The second-order valence-electron chi connectivity index (χ2n) is 3.76. The summed E-state index contributed by atoms with van der Waals surface area (Å²) in [6.07, 6.45) is -6.21. The molecule has 0 bridgehead atoms. The lowest BCUT2D eigenvalue weighted by molar-refractivity contribution is -0.150. The monoisotopic (exact) mass is 315 g/mol. The Morgan fingerprint density at radius 1 is 1.37 bits per heavy atom. The highest BCUT2D eigenvalue weighted by molar-refractivity contribution is 8.13. The van der Waals surface area contributed by atoms with Crippen molar-refractivity contribution in [3.05, 3.63) is 23.8 Å². The number of anilines is 1. The van der Waals surface area contributed by atoms with Crippen LogP contribution in [-0.2, 0) is 13.8 Å². The maximum absolute atomic E-state index is 12.0. The van der Waals surface area contributed by atoms with Gasteiger partial charge in [0.1, 0.15) is 6.42 Å². The van der Waals surface area contributed by atoms with E-state index in [0.717, 1.165) is 12.1 Å². The molecule has 19 heavy (non-hydrogen) atoms. The smallest absolute Gasteiger partial charge is 0.326 e. The summed E-state index contributed by atoms with van der Waals surface area (Å²) < 4.78 is 58.1. The van der Waals surface area contributed by atoms with Crippen molar-refractivity contribution in [3.63, 3.8) is 0 Å². The fourth-order valence-electron chi connectivity index (χ4n) is 1.39. The fourth-order valence-corrected chi connectivity index (χ4v) is 2.58. The Labute approximate surface area is 112 Å². The Morgan fingerprint density at radius 3 is 2.37 bits per heavy atom. The normalized spacial score (nSPS) is 12.3. The predicted molar refractivity (Wildman–Crippen MR) is 63.5 cm³/mol. The first-order valence-electron chi connectivity index (χ1n) is 4.91. The highest BCUT2D eigenvalue weighted by Gasteiger charge is 2.31. The summed E-state index contributed by atoms with van der Waals surface area (Å²) in [6.45, 7) is 1.41. The van der Waals surface area contributed by atoms with Gasteiger partial charge in [0.15, 0.2) is 0 Å². The minimum atomic E-state index is -4.60. The number of rotatable bonds is 3. The third-order valence-corrected chi connectivity index (χ3v) is 3.56. The van der Waals surface area contributed by atoms with Crippen molar-refractivity contribution in [2.24, 2.45) is 0 Å². The summed E-state index contributed by atoms with van der Waals surface area (Å²) >= 11 is 0. The molecule has 0 saturated heterocycles. The third-order valence-electron chi connectivity index (χ3n) is 2.08. The molecule has 0 aliphatic rings. The fraction of sp³-hybridized carbons (Fsp3) is 0.300. The SMILES string of the molecule is Cc1cc(NC(=O)CC(F)(F)F)ccc1S(=O)(=O)Cl. The van der Waals surface area contributed by atoms with Gasteiger partial charge in [-0.15, -0.1) is 0 Å². The summed E-state index contributed by atoms with van der Waals surface area (Å²) in [6, 6.07) is 3.50. The van der Waals surface area contributed by atoms with Gasteiger partial charge in [0, 0.05) is 16.4 Å². The van der Waals surface area contributed by atoms with Crippen LogP contribution in [-0.4, -0.2) is 20.5 Å². The molecule has 1 rings (SSSR count). The van der Waals surface area contributed by atoms with Crippen molar-refractivity contribution >= 4 is 31.3 Å². The number of aryl methyl sites for hydroxylation is 1. The van der Waals surface area contributed by atoms with E-state index in [1.807, 2.05) is 5.32 Å². The summed E-state index contributed by atoms with van der Waals surface area (Å²) in [4.78, 5) is 10.9. The highest BCUT2D eigenvalue weighted by atomic mass is 35.7. The quantitative estimate of drug-likeness (QED) is 0.872. The molecule has 0 unspecified atom stereocenters. The minimum absolute atomic E-state index is 0.0656. The van der Waals surface area contributed by atoms with E-state index in [9.17, 15) is 26.4 Å². The summed E-state index contributed by atoms with van der Waals surface area (Å²) in [7, 11) is 1.22. The molecule has 0 heterocycles. The second-order valence-corrected chi connectivity index (χ2v) is 6.29. The van der Waals surface area contributed by atoms with E-state index in [4.69, 9.17) is 10.7 Å². The second kappa shape index (κ2) is 5.38. The van der Waals surface area contributed by atoms with Crippen LogP contribution in [0.3, 0.4) is 0 Å². The van der Waals surface area contributed by atoms with Gasteiger partial charge in [0.2, 0.25) is 5.91 Å². The zero-order valence-corrected chi connectivity index (χ0v) is 11.2. The summed E-state index contributed by atoms with van der Waals surface area (Å²) in [5.74, 6) is -1.23. The molecule has 9 heteroatoms. The molecule has 1 aromatic carbocycles. The zero-order valence-electron chi connectivity index (χ0n) is 9.58. The molecule has 0 fully saturated rings. The van der Waals surface area contributed by atoms with E-state index in [1.165, 1.54) is 13.0 Å². The molecule has 0 saturated carbocycles. The van der Waals surface area contributed by atoms with Crippen LogP contribution in [0.15, 0.2) is 23.1 Å². The van der Waals surface area contributed by atoms with Crippen LogP contribution in [0.5, 0.6) is 0 Å². The van der Waals surface area contributed by atoms with E-state index < -0.39 is 27.6 Å². The Morgan fingerprint density at radius 2 is 1.95 bits per heavy atom. The highest BCUT2D eigenvalue weighted by Crippen LogP contribution is 2.24. The van der Waals surface area contributed by atoms with Crippen molar-refractivity contribution < 1.29 is 26.4 Å². The van der Waals surface area contributed by atoms with Crippen molar-refractivity contribution in [2.75, 3.05) is 5.32 Å². The van der Waals surface area contributed by atoms with Crippen molar-refractivity contribution in [3.8, 4) is 0 Å². The number of alkyl halides is 3. The van der Waals surface area contributed by atoms with E-state index in [-0.39, 0.29) is 16.1 Å². The minimum Gasteiger partial charge on any atom is -0.326 e. The lowest BCUT2D eigenvalue weighted by Gasteiger charge is -2.09. The molecule has 1 N–H and O–H groups in total. The number of carbonyl (C=O) groups excluding carboxylic acids is 1. The Balaban J connectivity index is 2.89. The average molecular weight is 316 g/mol. The van der Waals surface area contributed by atoms with Crippen molar-refractivity contribution in [1.29, 1.82) is 0 Å². The summed E-state index contributed by atoms with van der Waals surface area (Å²) in [5, 5.41) is 2.02. The first kappa shape index (κ1) is 15.8. The molecule has 1 aromatic rings. The maximum atomic E-state index is 12.0. The molecule has 106 valence electrons. The molecule has 4 nitrogen and oxygen atoms in total. The maximum Gasteiger partial charge on any atom is 0.397 e. The van der Waals surface area contributed by atoms with Crippen LogP contribution in [0.2, 0.25) is 0 Å². The third kappa shape index (κ3) is 5.07. The molecule has 0 aliphatic heterocycles. The van der Waals surface area contributed by atoms with Gasteiger partial charge in [-0.05, 0) is 30.7 Å². The molecule has 0 aliphatic carbocycles. The number of hydrogen-bond acceptors (Lipinski definition) is 3. The van der Waals surface area contributed by atoms with Crippen molar-refractivity contribution in [2.45, 2.75) is 24.4 Å². The lowest BCUT2D eigenvalue weighted by atomic mass is 10.2. The number of benzene rings is 1. The van der Waals surface area contributed by atoms with E-state index >= 15 is 0 Å². The molecule has 0 spiro atoms. The number of amides is 1. The van der Waals surface area contributed by atoms with Gasteiger partial charge in [-0.1, -0.05) is 0 Å². The van der Waals surface area contributed by atoms with Crippen LogP contribution in [0.4, 0.5) is 18.9 Å². The standard InChI is InChI=1S/C10H9ClF3NO3S/c1-6-4-7(2-3-8(6)19(11,17)18)15-9(16)5-10(12,13)14/h2-4H,5H2,1H3,(H,15,16). The predicted octanol–water partition coefficient (Wildman–Crippen LogP) is 2.81. The van der Waals surface area contributed by atoms with Crippen LogP contribution >= 0.6 is 10.7 Å². The average Bonchev–Trinajstić information content (AvgIpc) is 2.11. The van der Waals surface area contributed by atoms with Crippen molar-refractivity contribution in [1.82, 2.24) is 0 Å². The molecular formula is C10H9ClF3NO3S. The van der Waals surface area contributed by atoms with Crippen LogP contribution in [0, 0.1) is 6.92 Å². The molecule has 1 amide bonds. The molecule has 0 atom stereocenters. The van der Waals surface area contributed by atoms with E-state index in [1.54, 1.807) is 0 Å². The Kier molecular flexibility index (Phi) is 4.46. The Bertz CT molecular complexity index is 599. The van der Waals surface area contributed by atoms with Gasteiger partial charge >= 0.3 is 6.18 Å². The molecule has 0 radical (unpaired) electrons. The molecular weight excluding hydrogens is 307 g/mol. The van der Waals surface area contributed by atoms with Gasteiger partial charge < -0.3 is 5.32 Å². The van der Waals surface area contributed by atoms with Gasteiger partial charge in [0.05, 0.1) is 4.90 Å². The number of hydrogen-bond donors (Lipinski definition) is 1. The number of halogens is 4. The lowest BCUT2D eigenvalue weighted by Crippen LogP contribution is -2.21.